The standard InChI is InChI=1S/C22H23ClFN3S/c1-26(19-3-2-4-19)13-14-28-22-25-15-21(16-5-9-18(24)10-6-16)27(22)20-11-7-17(23)8-12-20/h5-12,15,19H,2-4,13-14H2,1H3. The molecule has 3 aromatic rings. The van der Waals surface area contributed by atoms with E-state index in [0.717, 1.165) is 40.4 Å². The average Bonchev–Trinajstić information content (AvgIpc) is 3.05. The topological polar surface area (TPSA) is 21.1 Å². The molecular weight excluding hydrogens is 393 g/mol. The zero-order valence-electron chi connectivity index (χ0n) is 15.8. The molecule has 0 bridgehead atoms. The molecule has 6 heteroatoms. The van der Waals surface area contributed by atoms with Crippen LogP contribution in [0.25, 0.3) is 16.9 Å². The van der Waals surface area contributed by atoms with E-state index in [0.29, 0.717) is 5.02 Å². The number of benzene rings is 2. The van der Waals surface area contributed by atoms with Gasteiger partial charge < -0.3 is 4.90 Å². The maximum absolute atomic E-state index is 13.4. The van der Waals surface area contributed by atoms with Gasteiger partial charge in [0.15, 0.2) is 5.16 Å². The van der Waals surface area contributed by atoms with Crippen molar-refractivity contribution in [2.45, 2.75) is 30.5 Å². The first-order chi connectivity index (χ1) is 13.6. The number of imidazole rings is 1. The molecule has 0 spiro atoms. The van der Waals surface area contributed by atoms with Gasteiger partial charge in [-0.25, -0.2) is 9.37 Å². The van der Waals surface area contributed by atoms with Gasteiger partial charge >= 0.3 is 0 Å². The lowest BCUT2D eigenvalue weighted by Gasteiger charge is -2.34. The molecule has 0 atom stereocenters. The maximum Gasteiger partial charge on any atom is 0.173 e. The van der Waals surface area contributed by atoms with Crippen molar-refractivity contribution >= 4 is 23.4 Å². The largest absolute Gasteiger partial charge is 0.303 e. The van der Waals surface area contributed by atoms with Crippen LogP contribution in [0.15, 0.2) is 59.9 Å². The Morgan fingerprint density at radius 2 is 1.86 bits per heavy atom. The van der Waals surface area contributed by atoms with Crippen molar-refractivity contribution in [2.75, 3.05) is 19.3 Å². The number of rotatable bonds is 7. The van der Waals surface area contributed by atoms with Crippen molar-refractivity contribution in [2.24, 2.45) is 0 Å². The first kappa shape index (κ1) is 19.5. The summed E-state index contributed by atoms with van der Waals surface area (Å²) in [4.78, 5) is 7.12. The molecule has 1 saturated carbocycles. The summed E-state index contributed by atoms with van der Waals surface area (Å²) in [6, 6.07) is 15.0. The molecule has 1 aliphatic rings. The second-order valence-electron chi connectivity index (χ2n) is 7.16. The molecule has 1 aliphatic carbocycles. The van der Waals surface area contributed by atoms with E-state index in [2.05, 4.69) is 21.5 Å². The highest BCUT2D eigenvalue weighted by molar-refractivity contribution is 7.99. The Labute approximate surface area is 174 Å². The molecule has 4 rings (SSSR count). The second-order valence-corrected chi connectivity index (χ2v) is 8.66. The number of nitrogens with zero attached hydrogens (tertiary/aromatic N) is 3. The van der Waals surface area contributed by atoms with E-state index in [1.165, 1.54) is 31.4 Å². The van der Waals surface area contributed by atoms with Crippen molar-refractivity contribution in [3.8, 4) is 16.9 Å². The quantitative estimate of drug-likeness (QED) is 0.447. The summed E-state index contributed by atoms with van der Waals surface area (Å²) in [7, 11) is 2.21. The molecule has 1 aromatic heterocycles. The first-order valence-electron chi connectivity index (χ1n) is 9.54. The Morgan fingerprint density at radius 1 is 1.14 bits per heavy atom. The highest BCUT2D eigenvalue weighted by Gasteiger charge is 2.22. The van der Waals surface area contributed by atoms with Crippen molar-refractivity contribution in [3.05, 3.63) is 65.6 Å². The minimum atomic E-state index is -0.241. The van der Waals surface area contributed by atoms with Crippen LogP contribution in [0, 0.1) is 5.82 Å². The van der Waals surface area contributed by atoms with Crippen molar-refractivity contribution in [1.29, 1.82) is 0 Å². The highest BCUT2D eigenvalue weighted by atomic mass is 35.5. The number of halogens is 2. The van der Waals surface area contributed by atoms with Crippen LogP contribution in [-0.4, -0.2) is 39.8 Å². The molecule has 3 nitrogen and oxygen atoms in total. The predicted octanol–water partition coefficient (Wildman–Crippen LogP) is 5.91. The van der Waals surface area contributed by atoms with Crippen LogP contribution >= 0.6 is 23.4 Å². The fourth-order valence-corrected chi connectivity index (χ4v) is 4.54. The van der Waals surface area contributed by atoms with Gasteiger partial charge in [-0.15, -0.1) is 0 Å². The third-order valence-corrected chi connectivity index (χ3v) is 6.51. The molecule has 0 radical (unpaired) electrons. The van der Waals surface area contributed by atoms with Gasteiger partial charge in [0.2, 0.25) is 0 Å². The minimum Gasteiger partial charge on any atom is -0.303 e. The number of hydrogen-bond donors (Lipinski definition) is 0. The smallest absolute Gasteiger partial charge is 0.173 e. The van der Waals surface area contributed by atoms with Crippen LogP contribution < -0.4 is 0 Å². The highest BCUT2D eigenvalue weighted by Crippen LogP contribution is 2.31. The first-order valence-corrected chi connectivity index (χ1v) is 10.9. The number of hydrogen-bond acceptors (Lipinski definition) is 3. The monoisotopic (exact) mass is 415 g/mol. The van der Waals surface area contributed by atoms with E-state index in [9.17, 15) is 4.39 Å². The van der Waals surface area contributed by atoms with E-state index < -0.39 is 0 Å². The second kappa shape index (κ2) is 8.68. The van der Waals surface area contributed by atoms with Gasteiger partial charge in [-0.1, -0.05) is 29.8 Å². The fourth-order valence-electron chi connectivity index (χ4n) is 3.39. The van der Waals surface area contributed by atoms with Gasteiger partial charge in [0, 0.05) is 34.6 Å². The summed E-state index contributed by atoms with van der Waals surface area (Å²) in [5.74, 6) is 0.732. The molecule has 1 heterocycles. The van der Waals surface area contributed by atoms with Crippen LogP contribution in [0.5, 0.6) is 0 Å². The lowest BCUT2D eigenvalue weighted by Crippen LogP contribution is -2.38. The molecule has 0 unspecified atom stereocenters. The number of thioether (sulfide) groups is 1. The van der Waals surface area contributed by atoms with Crippen molar-refractivity contribution < 1.29 is 4.39 Å². The molecule has 0 amide bonds. The van der Waals surface area contributed by atoms with E-state index in [1.54, 1.807) is 23.9 Å². The molecule has 0 saturated heterocycles. The molecular formula is C22H23ClFN3S. The van der Waals surface area contributed by atoms with Crippen LogP contribution in [0.4, 0.5) is 4.39 Å². The normalized spacial score (nSPS) is 14.4. The maximum atomic E-state index is 13.4. The van der Waals surface area contributed by atoms with E-state index in [4.69, 9.17) is 11.6 Å². The summed E-state index contributed by atoms with van der Waals surface area (Å²) in [6.45, 7) is 1.04. The Balaban J connectivity index is 1.60. The lowest BCUT2D eigenvalue weighted by atomic mass is 9.92. The van der Waals surface area contributed by atoms with Gasteiger partial charge in [0.25, 0.3) is 0 Å². The Kier molecular flexibility index (Phi) is 6.04. The van der Waals surface area contributed by atoms with E-state index >= 15 is 0 Å². The third kappa shape index (κ3) is 4.27. The van der Waals surface area contributed by atoms with Gasteiger partial charge in [-0.2, -0.15) is 0 Å². The van der Waals surface area contributed by atoms with Crippen LogP contribution in [-0.2, 0) is 0 Å². The zero-order chi connectivity index (χ0) is 19.5. The van der Waals surface area contributed by atoms with Crippen molar-refractivity contribution in [3.63, 3.8) is 0 Å². The summed E-state index contributed by atoms with van der Waals surface area (Å²) >= 11 is 7.83. The summed E-state index contributed by atoms with van der Waals surface area (Å²) in [6.07, 6.45) is 5.84. The number of aromatic nitrogens is 2. The van der Waals surface area contributed by atoms with Crippen molar-refractivity contribution in [1.82, 2.24) is 14.5 Å². The molecule has 0 N–H and O–H groups in total. The average molecular weight is 416 g/mol. The zero-order valence-corrected chi connectivity index (χ0v) is 17.4. The van der Waals surface area contributed by atoms with Gasteiger partial charge in [-0.3, -0.25) is 4.57 Å². The Morgan fingerprint density at radius 3 is 2.50 bits per heavy atom. The van der Waals surface area contributed by atoms with Crippen LogP contribution in [0.1, 0.15) is 19.3 Å². The molecule has 28 heavy (non-hydrogen) atoms. The molecule has 146 valence electrons. The SMILES string of the molecule is CN(CCSc1ncc(-c2ccc(F)cc2)n1-c1ccc(Cl)cc1)C1CCC1. The van der Waals surface area contributed by atoms with Gasteiger partial charge in [0.1, 0.15) is 5.82 Å². The van der Waals surface area contributed by atoms with E-state index in [-0.39, 0.29) is 5.82 Å². The van der Waals surface area contributed by atoms with E-state index in [1.807, 2.05) is 30.5 Å². The molecule has 2 aromatic carbocycles. The molecule has 0 aliphatic heterocycles. The van der Waals surface area contributed by atoms with Crippen LogP contribution in [0.2, 0.25) is 5.02 Å². The molecule has 1 fully saturated rings. The van der Waals surface area contributed by atoms with Gasteiger partial charge in [0.05, 0.1) is 11.9 Å². The Hall–Kier alpha value is -1.82. The van der Waals surface area contributed by atoms with Gasteiger partial charge in [-0.05, 0) is 68.4 Å². The Bertz CT molecular complexity index is 920. The minimum absolute atomic E-state index is 0.241. The predicted molar refractivity (Wildman–Crippen MR) is 115 cm³/mol. The van der Waals surface area contributed by atoms with Crippen LogP contribution in [0.3, 0.4) is 0 Å². The fraction of sp³-hybridized carbons (Fsp3) is 0.318. The summed E-state index contributed by atoms with van der Waals surface area (Å²) < 4.78 is 15.5. The summed E-state index contributed by atoms with van der Waals surface area (Å²) in [5, 5.41) is 1.63. The summed E-state index contributed by atoms with van der Waals surface area (Å²) in [5.41, 5.74) is 2.87. The lowest BCUT2D eigenvalue weighted by molar-refractivity contribution is 0.169. The third-order valence-electron chi connectivity index (χ3n) is 5.33.